The van der Waals surface area contributed by atoms with Crippen LogP contribution in [0.1, 0.15) is 21.5 Å². The molecule has 0 fully saturated rings. The van der Waals surface area contributed by atoms with Gasteiger partial charge in [-0.3, -0.25) is 9.36 Å². The minimum absolute atomic E-state index is 0.187. The topological polar surface area (TPSA) is 48.0 Å². The average molecular weight is 268 g/mol. The largest absolute Gasteiger partial charge is 0.416 e. The molecule has 0 aliphatic heterocycles. The lowest BCUT2D eigenvalue weighted by molar-refractivity contribution is -0.137. The zero-order valence-corrected chi connectivity index (χ0v) is 9.82. The van der Waals surface area contributed by atoms with Crippen LogP contribution in [0.4, 0.5) is 13.2 Å². The summed E-state index contributed by atoms with van der Waals surface area (Å²) in [6.45, 7) is 0.299. The molecule has 2 aromatic rings. The predicted octanol–water partition coefficient (Wildman–Crippen LogP) is 2.65. The van der Waals surface area contributed by atoms with Crippen LogP contribution in [0.25, 0.3) is 0 Å². The van der Waals surface area contributed by atoms with Gasteiger partial charge in [0.2, 0.25) is 0 Å². The molecule has 0 bridgehead atoms. The Labute approximate surface area is 107 Å². The minimum atomic E-state index is -4.40. The van der Waals surface area contributed by atoms with Crippen molar-refractivity contribution < 1.29 is 18.0 Å². The Morgan fingerprint density at radius 1 is 1.16 bits per heavy atom. The molecule has 0 spiro atoms. The Hall–Kier alpha value is -2.08. The number of aromatic nitrogens is 1. The molecule has 2 N–H and O–H groups in total. The third kappa shape index (κ3) is 2.85. The van der Waals surface area contributed by atoms with Crippen molar-refractivity contribution in [3.8, 4) is 0 Å². The normalized spacial score (nSPS) is 11.6. The van der Waals surface area contributed by atoms with Crippen LogP contribution in [0.5, 0.6) is 0 Å². The molecule has 100 valence electrons. The summed E-state index contributed by atoms with van der Waals surface area (Å²) in [6, 6.07) is 5.78. The number of rotatable bonds is 2. The van der Waals surface area contributed by atoms with Crippen LogP contribution in [-0.2, 0) is 12.7 Å². The zero-order valence-electron chi connectivity index (χ0n) is 9.82. The van der Waals surface area contributed by atoms with Gasteiger partial charge in [0.25, 0.3) is 5.91 Å². The highest BCUT2D eigenvalue weighted by Gasteiger charge is 2.30. The smallest absolute Gasteiger partial charge is 0.326 e. The summed E-state index contributed by atoms with van der Waals surface area (Å²) in [7, 11) is 0. The Bertz CT molecular complexity index is 585. The molecular weight excluding hydrogens is 257 g/mol. The Morgan fingerprint density at radius 2 is 1.79 bits per heavy atom. The number of carbonyl (C=O) groups excluding carboxylic acids is 1. The fourth-order valence-corrected chi connectivity index (χ4v) is 1.64. The van der Waals surface area contributed by atoms with E-state index < -0.39 is 17.6 Å². The van der Waals surface area contributed by atoms with Crippen molar-refractivity contribution in [1.82, 2.24) is 4.57 Å². The summed E-state index contributed by atoms with van der Waals surface area (Å²) in [6.07, 6.45) is -1.32. The molecule has 0 unspecified atom stereocenters. The molecule has 2 rings (SSSR count). The Balaban J connectivity index is 2.25. The number of hydrogen-bond donors (Lipinski definition) is 1. The molecule has 6 heteroatoms. The number of nitrogens with zero attached hydrogens (tertiary/aromatic N) is 1. The monoisotopic (exact) mass is 268 g/mol. The maximum Gasteiger partial charge on any atom is 0.416 e. The summed E-state index contributed by atoms with van der Waals surface area (Å²) < 4.78 is 38.5. The van der Waals surface area contributed by atoms with Gasteiger partial charge in [0.15, 0.2) is 0 Å². The van der Waals surface area contributed by atoms with Gasteiger partial charge < -0.3 is 5.73 Å². The van der Waals surface area contributed by atoms with E-state index in [4.69, 9.17) is 5.73 Å². The summed E-state index contributed by atoms with van der Waals surface area (Å²) >= 11 is 0. The zero-order chi connectivity index (χ0) is 14.0. The van der Waals surface area contributed by atoms with Crippen LogP contribution in [-0.4, -0.2) is 10.5 Å². The average Bonchev–Trinajstić information content (AvgIpc) is 2.86. The highest BCUT2D eigenvalue weighted by atomic mass is 19.4. The molecule has 0 radical (unpaired) electrons. The van der Waals surface area contributed by atoms with Crippen molar-refractivity contribution in [1.29, 1.82) is 0 Å². The van der Waals surface area contributed by atoms with E-state index in [0.717, 1.165) is 29.8 Å². The van der Waals surface area contributed by atoms with Gasteiger partial charge in [-0.15, -0.1) is 0 Å². The van der Waals surface area contributed by atoms with Crippen LogP contribution in [0.15, 0.2) is 42.7 Å². The van der Waals surface area contributed by atoms with E-state index in [-0.39, 0.29) is 5.56 Å². The Kier molecular flexibility index (Phi) is 3.44. The SMILES string of the molecule is NCc1ccn(C(=O)c2ccc(C(F)(F)F)cc2)c1. The first-order chi connectivity index (χ1) is 8.91. The van der Waals surface area contributed by atoms with Crippen LogP contribution in [0, 0.1) is 0 Å². The number of benzene rings is 1. The molecule has 19 heavy (non-hydrogen) atoms. The van der Waals surface area contributed by atoms with Gasteiger partial charge in [-0.2, -0.15) is 13.2 Å². The lowest BCUT2D eigenvalue weighted by Crippen LogP contribution is -2.11. The lowest BCUT2D eigenvalue weighted by atomic mass is 10.1. The van der Waals surface area contributed by atoms with Crippen LogP contribution in [0.2, 0.25) is 0 Å². The van der Waals surface area contributed by atoms with Crippen molar-refractivity contribution >= 4 is 5.91 Å². The van der Waals surface area contributed by atoms with Crippen molar-refractivity contribution in [3.63, 3.8) is 0 Å². The summed E-state index contributed by atoms with van der Waals surface area (Å²) in [5.74, 6) is -0.395. The van der Waals surface area contributed by atoms with Gasteiger partial charge in [0, 0.05) is 24.5 Å². The number of halogens is 3. The van der Waals surface area contributed by atoms with Gasteiger partial charge in [-0.25, -0.2) is 0 Å². The Morgan fingerprint density at radius 3 is 2.26 bits per heavy atom. The fraction of sp³-hybridized carbons (Fsp3) is 0.154. The molecule has 3 nitrogen and oxygen atoms in total. The highest BCUT2D eigenvalue weighted by molar-refractivity contribution is 5.96. The first-order valence-electron chi connectivity index (χ1n) is 5.50. The summed E-state index contributed by atoms with van der Waals surface area (Å²) in [5.41, 5.74) is 5.61. The van der Waals surface area contributed by atoms with Gasteiger partial charge in [-0.1, -0.05) is 0 Å². The molecule has 0 aliphatic rings. The second kappa shape index (κ2) is 4.89. The summed E-state index contributed by atoms with van der Waals surface area (Å²) in [4.78, 5) is 12.0. The van der Waals surface area contributed by atoms with Crippen molar-refractivity contribution in [2.75, 3.05) is 0 Å². The molecular formula is C13H11F3N2O. The second-order valence-electron chi connectivity index (χ2n) is 4.01. The molecule has 1 aromatic carbocycles. The molecule has 0 atom stereocenters. The van der Waals surface area contributed by atoms with E-state index in [2.05, 4.69) is 0 Å². The quantitative estimate of drug-likeness (QED) is 0.910. The number of carbonyl (C=O) groups is 1. The third-order valence-electron chi connectivity index (χ3n) is 2.68. The molecule has 0 saturated carbocycles. The highest BCUT2D eigenvalue weighted by Crippen LogP contribution is 2.29. The van der Waals surface area contributed by atoms with E-state index in [9.17, 15) is 18.0 Å². The third-order valence-corrected chi connectivity index (χ3v) is 2.68. The summed E-state index contributed by atoms with van der Waals surface area (Å²) in [5, 5.41) is 0. The molecule has 1 aromatic heterocycles. The maximum absolute atomic E-state index is 12.4. The molecule has 0 aliphatic carbocycles. The van der Waals surface area contributed by atoms with Gasteiger partial charge >= 0.3 is 6.18 Å². The van der Waals surface area contributed by atoms with Crippen molar-refractivity contribution in [2.45, 2.75) is 12.7 Å². The second-order valence-corrected chi connectivity index (χ2v) is 4.01. The van der Waals surface area contributed by atoms with Crippen molar-refractivity contribution in [2.24, 2.45) is 5.73 Å². The van der Waals surface area contributed by atoms with Crippen LogP contribution in [0.3, 0.4) is 0 Å². The molecule has 1 heterocycles. The lowest BCUT2D eigenvalue weighted by Gasteiger charge is -2.07. The standard InChI is InChI=1S/C13H11F3N2O/c14-13(15,16)11-3-1-10(2-4-11)12(19)18-6-5-9(7-17)8-18/h1-6,8H,7,17H2. The van der Waals surface area contributed by atoms with E-state index in [1.165, 1.54) is 10.8 Å². The predicted molar refractivity (Wildman–Crippen MR) is 63.5 cm³/mol. The van der Waals surface area contributed by atoms with Gasteiger partial charge in [-0.05, 0) is 35.9 Å². The first-order valence-corrected chi connectivity index (χ1v) is 5.50. The number of alkyl halides is 3. The minimum Gasteiger partial charge on any atom is -0.326 e. The first kappa shape index (κ1) is 13.4. The van der Waals surface area contributed by atoms with E-state index in [1.54, 1.807) is 12.3 Å². The van der Waals surface area contributed by atoms with Gasteiger partial charge in [0.1, 0.15) is 0 Å². The van der Waals surface area contributed by atoms with Crippen molar-refractivity contribution in [3.05, 3.63) is 59.4 Å². The van der Waals surface area contributed by atoms with Crippen LogP contribution >= 0.6 is 0 Å². The van der Waals surface area contributed by atoms with Gasteiger partial charge in [0.05, 0.1) is 5.56 Å². The van der Waals surface area contributed by atoms with Crippen LogP contribution < -0.4 is 5.73 Å². The molecule has 0 amide bonds. The van der Waals surface area contributed by atoms with E-state index in [0.29, 0.717) is 6.54 Å². The maximum atomic E-state index is 12.4. The number of hydrogen-bond acceptors (Lipinski definition) is 2. The fourth-order valence-electron chi connectivity index (χ4n) is 1.64. The molecule has 0 saturated heterocycles. The number of nitrogens with two attached hydrogens (primary N) is 1. The van der Waals surface area contributed by atoms with E-state index >= 15 is 0 Å². The van der Waals surface area contributed by atoms with E-state index in [1.807, 2.05) is 0 Å².